The average molecular weight is 334 g/mol. The van der Waals surface area contributed by atoms with Crippen LogP contribution in [0.15, 0.2) is 18.2 Å². The fraction of sp³-hybridized carbons (Fsp3) is 0.400. The van der Waals surface area contributed by atoms with Gasteiger partial charge in [0, 0.05) is 23.1 Å². The topological polar surface area (TPSA) is 98.0 Å². The van der Waals surface area contributed by atoms with E-state index in [0.29, 0.717) is 16.6 Å². The molecular weight excluding hydrogens is 316 g/mol. The summed E-state index contributed by atoms with van der Waals surface area (Å²) in [4.78, 5) is 22.8. The van der Waals surface area contributed by atoms with Crippen LogP contribution >= 0.6 is 11.3 Å². The second kappa shape index (κ2) is 7.28. The Labute approximate surface area is 137 Å². The van der Waals surface area contributed by atoms with Crippen LogP contribution in [0.5, 0.6) is 0 Å². The molecule has 1 N–H and O–H groups in total. The van der Waals surface area contributed by atoms with E-state index in [1.807, 2.05) is 0 Å². The molecular formula is C15H18N4O3S. The molecule has 1 aromatic heterocycles. The number of nitro groups is 1. The zero-order valence-electron chi connectivity index (χ0n) is 13.2. The fourth-order valence-corrected chi connectivity index (χ4v) is 3.10. The van der Waals surface area contributed by atoms with Gasteiger partial charge >= 0.3 is 0 Å². The molecule has 0 spiro atoms. The van der Waals surface area contributed by atoms with Gasteiger partial charge in [0.25, 0.3) is 11.6 Å². The summed E-state index contributed by atoms with van der Waals surface area (Å²) in [6.45, 7) is 5.73. The second-order valence-electron chi connectivity index (χ2n) is 5.30. The summed E-state index contributed by atoms with van der Waals surface area (Å²) in [6, 6.07) is 4.43. The number of nitrogens with zero attached hydrogens (tertiary/aromatic N) is 3. The first-order valence-corrected chi connectivity index (χ1v) is 8.14. The van der Waals surface area contributed by atoms with Gasteiger partial charge in [0.1, 0.15) is 5.01 Å². The minimum Gasteiger partial charge on any atom is -0.296 e. The summed E-state index contributed by atoms with van der Waals surface area (Å²) in [5.74, 6) is -0.125. The summed E-state index contributed by atoms with van der Waals surface area (Å²) in [5.41, 5.74) is 0.517. The van der Waals surface area contributed by atoms with Gasteiger partial charge in [-0.05, 0) is 19.4 Å². The highest BCUT2D eigenvalue weighted by Crippen LogP contribution is 2.27. The van der Waals surface area contributed by atoms with Crippen LogP contribution in [0.1, 0.15) is 53.5 Å². The van der Waals surface area contributed by atoms with Crippen molar-refractivity contribution in [2.45, 2.75) is 39.5 Å². The van der Waals surface area contributed by atoms with Gasteiger partial charge in [-0.2, -0.15) is 0 Å². The molecule has 0 bridgehead atoms. The number of carbonyl (C=O) groups is 1. The van der Waals surface area contributed by atoms with Crippen molar-refractivity contribution < 1.29 is 9.72 Å². The largest absolute Gasteiger partial charge is 0.296 e. The molecule has 1 aromatic carbocycles. The lowest BCUT2D eigenvalue weighted by Crippen LogP contribution is -2.14. The zero-order chi connectivity index (χ0) is 17.0. The Bertz CT molecular complexity index is 729. The van der Waals surface area contributed by atoms with Crippen molar-refractivity contribution in [1.82, 2.24) is 10.2 Å². The van der Waals surface area contributed by atoms with E-state index in [9.17, 15) is 14.9 Å². The molecule has 2 rings (SSSR count). The smallest absolute Gasteiger partial charge is 0.273 e. The lowest BCUT2D eigenvalue weighted by molar-refractivity contribution is -0.385. The molecule has 0 unspecified atom stereocenters. The van der Waals surface area contributed by atoms with Gasteiger partial charge in [-0.15, -0.1) is 10.2 Å². The number of amides is 1. The van der Waals surface area contributed by atoms with E-state index in [-0.39, 0.29) is 11.3 Å². The first-order chi connectivity index (χ1) is 10.9. The lowest BCUT2D eigenvalue weighted by Gasteiger charge is -2.05. The van der Waals surface area contributed by atoms with Gasteiger partial charge in [-0.25, -0.2) is 0 Å². The highest BCUT2D eigenvalue weighted by Gasteiger charge is 2.19. The lowest BCUT2D eigenvalue weighted by atomic mass is 10.1. The van der Waals surface area contributed by atoms with Crippen molar-refractivity contribution >= 4 is 28.1 Å². The average Bonchev–Trinajstić information content (AvgIpc) is 2.96. The van der Waals surface area contributed by atoms with Crippen LogP contribution in [0.25, 0.3) is 0 Å². The third kappa shape index (κ3) is 3.89. The summed E-state index contributed by atoms with van der Waals surface area (Å²) in [7, 11) is 0. The number of carbonyl (C=O) groups excluding carboxylic acids is 1. The first kappa shape index (κ1) is 17.0. The van der Waals surface area contributed by atoms with E-state index in [1.165, 1.54) is 23.5 Å². The summed E-state index contributed by atoms with van der Waals surface area (Å²) < 4.78 is 0. The van der Waals surface area contributed by atoms with Crippen molar-refractivity contribution in [3.8, 4) is 0 Å². The molecule has 1 amide bonds. The zero-order valence-corrected chi connectivity index (χ0v) is 14.0. The van der Waals surface area contributed by atoms with Crippen LogP contribution in [0.4, 0.5) is 10.8 Å². The van der Waals surface area contributed by atoms with Crippen LogP contribution in [-0.2, 0) is 0 Å². The predicted octanol–water partition coefficient (Wildman–Crippen LogP) is 3.91. The highest BCUT2D eigenvalue weighted by atomic mass is 32.1. The van der Waals surface area contributed by atoms with Crippen LogP contribution < -0.4 is 5.32 Å². The van der Waals surface area contributed by atoms with Crippen LogP contribution in [0.3, 0.4) is 0 Å². The van der Waals surface area contributed by atoms with Crippen molar-refractivity contribution in [3.05, 3.63) is 44.4 Å². The van der Waals surface area contributed by atoms with Crippen LogP contribution in [0, 0.1) is 17.0 Å². The normalized spacial score (nSPS) is 12.0. The standard InChI is InChI=1S/C15H18N4O3S/c1-4-6-9(2)14-17-18-15(23-14)16-13(20)11-7-5-8-12(10(11)3)19(21)22/h5,7-9H,4,6H2,1-3H3,(H,16,18,20)/t9-/m1/s1. The van der Waals surface area contributed by atoms with Crippen molar-refractivity contribution in [2.24, 2.45) is 0 Å². The van der Waals surface area contributed by atoms with Gasteiger partial charge < -0.3 is 0 Å². The number of rotatable bonds is 6. The third-order valence-electron chi connectivity index (χ3n) is 3.55. The quantitative estimate of drug-likeness (QED) is 0.638. The van der Waals surface area contributed by atoms with E-state index in [1.54, 1.807) is 13.0 Å². The third-order valence-corrected chi connectivity index (χ3v) is 4.62. The predicted molar refractivity (Wildman–Crippen MR) is 89.0 cm³/mol. The van der Waals surface area contributed by atoms with Gasteiger partial charge in [-0.1, -0.05) is 37.7 Å². The molecule has 0 saturated carbocycles. The SMILES string of the molecule is CCC[C@@H](C)c1nnc(NC(=O)c2cccc([N+](=O)[O-])c2C)s1. The maximum absolute atomic E-state index is 12.3. The van der Waals surface area contributed by atoms with E-state index in [4.69, 9.17) is 0 Å². The van der Waals surface area contributed by atoms with Gasteiger partial charge in [-0.3, -0.25) is 20.2 Å². The van der Waals surface area contributed by atoms with Crippen molar-refractivity contribution in [2.75, 3.05) is 5.32 Å². The van der Waals surface area contributed by atoms with Crippen LogP contribution in [-0.4, -0.2) is 21.0 Å². The molecule has 8 heteroatoms. The van der Waals surface area contributed by atoms with E-state index < -0.39 is 10.8 Å². The number of nitrogens with one attached hydrogen (secondary N) is 1. The molecule has 7 nitrogen and oxygen atoms in total. The number of hydrogen-bond acceptors (Lipinski definition) is 6. The Morgan fingerprint density at radius 1 is 1.43 bits per heavy atom. The molecule has 0 radical (unpaired) electrons. The molecule has 2 aromatic rings. The Hall–Kier alpha value is -2.35. The number of aromatic nitrogens is 2. The van der Waals surface area contributed by atoms with Crippen molar-refractivity contribution in [3.63, 3.8) is 0 Å². The molecule has 1 heterocycles. The molecule has 0 aliphatic carbocycles. The summed E-state index contributed by atoms with van der Waals surface area (Å²) in [5, 5.41) is 23.0. The van der Waals surface area contributed by atoms with Gasteiger partial charge in [0.05, 0.1) is 4.92 Å². The van der Waals surface area contributed by atoms with Gasteiger partial charge in [0.15, 0.2) is 0 Å². The maximum atomic E-state index is 12.3. The Morgan fingerprint density at radius 3 is 2.83 bits per heavy atom. The molecule has 0 aliphatic heterocycles. The number of benzene rings is 1. The van der Waals surface area contributed by atoms with E-state index >= 15 is 0 Å². The highest BCUT2D eigenvalue weighted by molar-refractivity contribution is 7.15. The first-order valence-electron chi connectivity index (χ1n) is 7.32. The Kier molecular flexibility index (Phi) is 5.38. The summed E-state index contributed by atoms with van der Waals surface area (Å²) >= 11 is 1.33. The molecule has 0 saturated heterocycles. The minimum absolute atomic E-state index is 0.0767. The Balaban J connectivity index is 2.17. The van der Waals surface area contributed by atoms with E-state index in [0.717, 1.165) is 17.8 Å². The molecule has 0 fully saturated rings. The molecule has 23 heavy (non-hydrogen) atoms. The monoisotopic (exact) mass is 334 g/mol. The Morgan fingerprint density at radius 2 is 2.17 bits per heavy atom. The van der Waals surface area contributed by atoms with Crippen molar-refractivity contribution in [1.29, 1.82) is 0 Å². The number of anilines is 1. The van der Waals surface area contributed by atoms with Gasteiger partial charge in [0.2, 0.25) is 5.13 Å². The van der Waals surface area contributed by atoms with Crippen LogP contribution in [0.2, 0.25) is 0 Å². The molecule has 0 aliphatic rings. The van der Waals surface area contributed by atoms with E-state index in [2.05, 4.69) is 29.4 Å². The maximum Gasteiger partial charge on any atom is 0.273 e. The summed E-state index contributed by atoms with van der Waals surface area (Å²) in [6.07, 6.45) is 2.06. The molecule has 1 atom stereocenters. The molecule has 122 valence electrons. The number of nitro benzene ring substituents is 1. The fourth-order valence-electron chi connectivity index (χ4n) is 2.27. The number of hydrogen-bond donors (Lipinski definition) is 1. The minimum atomic E-state index is -0.498. The second-order valence-corrected chi connectivity index (χ2v) is 6.31.